The van der Waals surface area contributed by atoms with Gasteiger partial charge in [0.25, 0.3) is 5.56 Å². The molecule has 0 aliphatic heterocycles. The van der Waals surface area contributed by atoms with Gasteiger partial charge in [0.1, 0.15) is 5.75 Å². The summed E-state index contributed by atoms with van der Waals surface area (Å²) in [4.78, 5) is 17.9. The molecule has 0 spiro atoms. The molecule has 0 aliphatic carbocycles. The minimum absolute atomic E-state index is 0.168. The average molecular weight is 377 g/mol. The van der Waals surface area contributed by atoms with E-state index in [9.17, 15) is 4.79 Å². The van der Waals surface area contributed by atoms with Gasteiger partial charge < -0.3 is 4.74 Å². The average Bonchev–Trinajstić information content (AvgIpc) is 2.67. The summed E-state index contributed by atoms with van der Waals surface area (Å²) in [5.74, 6) is 0.556. The van der Waals surface area contributed by atoms with Crippen molar-refractivity contribution in [2.45, 2.75) is 13.8 Å². The number of rotatable bonds is 3. The van der Waals surface area contributed by atoms with Crippen molar-refractivity contribution in [3.63, 3.8) is 0 Å². The van der Waals surface area contributed by atoms with Crippen LogP contribution in [0.2, 0.25) is 5.02 Å². The van der Waals surface area contributed by atoms with E-state index in [0.717, 1.165) is 16.8 Å². The van der Waals surface area contributed by atoms with E-state index in [0.29, 0.717) is 21.7 Å². The molecule has 0 fully saturated rings. The maximum absolute atomic E-state index is 13.3. The molecule has 3 aromatic carbocycles. The second kappa shape index (κ2) is 6.89. The van der Waals surface area contributed by atoms with Crippen LogP contribution in [0.1, 0.15) is 11.1 Å². The number of benzene rings is 3. The predicted octanol–water partition coefficient (Wildman–Crippen LogP) is 5.45. The van der Waals surface area contributed by atoms with E-state index in [1.165, 1.54) is 4.57 Å². The number of nitrogens with zero attached hydrogens (tertiary/aromatic N) is 2. The molecular formula is C22H17ClN2O2. The first kappa shape index (κ1) is 17.3. The lowest BCUT2D eigenvalue weighted by atomic mass is 10.1. The number of para-hydroxylation sites is 1. The van der Waals surface area contributed by atoms with Gasteiger partial charge in [-0.1, -0.05) is 35.9 Å². The molecule has 0 unspecified atom stereocenters. The number of aromatic nitrogens is 2. The molecule has 134 valence electrons. The number of hydrogen-bond acceptors (Lipinski definition) is 3. The SMILES string of the molecule is Cc1cccc(-n2c(Oc3ccc(Cl)cc3)nc3ccccc3c2=O)c1C. The van der Waals surface area contributed by atoms with Gasteiger partial charge in [0.05, 0.1) is 16.6 Å². The Morgan fingerprint density at radius 2 is 1.67 bits per heavy atom. The molecule has 0 radical (unpaired) electrons. The normalized spacial score (nSPS) is 10.9. The molecule has 0 aliphatic rings. The van der Waals surface area contributed by atoms with Crippen LogP contribution in [-0.4, -0.2) is 9.55 Å². The Labute approximate surface area is 161 Å². The maximum atomic E-state index is 13.3. The fraction of sp³-hybridized carbons (Fsp3) is 0.0909. The van der Waals surface area contributed by atoms with Gasteiger partial charge in [0.15, 0.2) is 0 Å². The van der Waals surface area contributed by atoms with E-state index < -0.39 is 0 Å². The highest BCUT2D eigenvalue weighted by molar-refractivity contribution is 6.30. The topological polar surface area (TPSA) is 44.1 Å². The van der Waals surface area contributed by atoms with Gasteiger partial charge in [0.2, 0.25) is 0 Å². The smallest absolute Gasteiger partial charge is 0.310 e. The van der Waals surface area contributed by atoms with Crippen molar-refractivity contribution in [3.8, 4) is 17.4 Å². The Balaban J connectivity index is 1.99. The number of hydrogen-bond donors (Lipinski definition) is 0. The molecule has 0 saturated heterocycles. The molecule has 4 rings (SSSR count). The Bertz CT molecular complexity index is 1200. The molecule has 0 atom stereocenters. The molecule has 0 bridgehead atoms. The van der Waals surface area contributed by atoms with E-state index in [4.69, 9.17) is 16.3 Å². The molecule has 0 saturated carbocycles. The Morgan fingerprint density at radius 3 is 2.44 bits per heavy atom. The van der Waals surface area contributed by atoms with Crippen LogP contribution >= 0.6 is 11.6 Å². The second-order valence-electron chi connectivity index (χ2n) is 6.33. The van der Waals surface area contributed by atoms with Crippen LogP contribution in [0, 0.1) is 13.8 Å². The summed E-state index contributed by atoms with van der Waals surface area (Å²) < 4.78 is 7.52. The van der Waals surface area contributed by atoms with Crippen LogP contribution in [-0.2, 0) is 0 Å². The van der Waals surface area contributed by atoms with Gasteiger partial charge in [-0.25, -0.2) is 4.57 Å². The summed E-state index contributed by atoms with van der Waals surface area (Å²) in [6, 6.07) is 20.3. The fourth-order valence-corrected chi connectivity index (χ4v) is 3.11. The second-order valence-corrected chi connectivity index (χ2v) is 6.76. The minimum Gasteiger partial charge on any atom is -0.425 e. The zero-order valence-corrected chi connectivity index (χ0v) is 15.7. The van der Waals surface area contributed by atoms with Crippen LogP contribution in [0.4, 0.5) is 0 Å². The summed E-state index contributed by atoms with van der Waals surface area (Å²) in [6.45, 7) is 4.00. The highest BCUT2D eigenvalue weighted by atomic mass is 35.5. The Morgan fingerprint density at radius 1 is 0.926 bits per heavy atom. The largest absolute Gasteiger partial charge is 0.425 e. The Hall–Kier alpha value is -3.11. The molecule has 4 aromatic rings. The lowest BCUT2D eigenvalue weighted by Gasteiger charge is -2.16. The molecule has 5 heteroatoms. The van der Waals surface area contributed by atoms with Crippen molar-refractivity contribution in [2.24, 2.45) is 0 Å². The van der Waals surface area contributed by atoms with Crippen LogP contribution < -0.4 is 10.3 Å². The number of aryl methyl sites for hydroxylation is 1. The highest BCUT2D eigenvalue weighted by Crippen LogP contribution is 2.26. The first-order chi connectivity index (χ1) is 13.0. The van der Waals surface area contributed by atoms with Gasteiger partial charge in [-0.15, -0.1) is 0 Å². The third-order valence-corrected chi connectivity index (χ3v) is 4.84. The van der Waals surface area contributed by atoms with Gasteiger partial charge in [-0.3, -0.25) is 4.79 Å². The van der Waals surface area contributed by atoms with E-state index in [1.54, 1.807) is 36.4 Å². The summed E-state index contributed by atoms with van der Waals surface area (Å²) in [6.07, 6.45) is 0. The van der Waals surface area contributed by atoms with Crippen molar-refractivity contribution in [3.05, 3.63) is 93.2 Å². The Kier molecular flexibility index (Phi) is 4.42. The molecule has 1 heterocycles. The third kappa shape index (κ3) is 3.20. The van der Waals surface area contributed by atoms with Crippen molar-refractivity contribution < 1.29 is 4.74 Å². The number of ether oxygens (including phenoxy) is 1. The third-order valence-electron chi connectivity index (χ3n) is 4.58. The van der Waals surface area contributed by atoms with Gasteiger partial charge in [-0.2, -0.15) is 4.98 Å². The molecule has 27 heavy (non-hydrogen) atoms. The zero-order valence-electron chi connectivity index (χ0n) is 14.9. The van der Waals surface area contributed by atoms with Crippen molar-refractivity contribution in [1.29, 1.82) is 0 Å². The lowest BCUT2D eigenvalue weighted by molar-refractivity contribution is 0.427. The van der Waals surface area contributed by atoms with Crippen molar-refractivity contribution >= 4 is 22.5 Å². The fourth-order valence-electron chi connectivity index (χ4n) is 2.98. The lowest BCUT2D eigenvalue weighted by Crippen LogP contribution is -2.22. The quantitative estimate of drug-likeness (QED) is 0.477. The predicted molar refractivity (Wildman–Crippen MR) is 108 cm³/mol. The van der Waals surface area contributed by atoms with Gasteiger partial charge >= 0.3 is 6.01 Å². The zero-order chi connectivity index (χ0) is 19.0. The molecule has 0 amide bonds. The van der Waals surface area contributed by atoms with Gasteiger partial charge in [0, 0.05) is 5.02 Å². The standard InChI is InChI=1S/C22H17ClN2O2/c1-14-6-5-9-20(15(14)2)25-21(26)18-7-3-4-8-19(18)24-22(25)27-17-12-10-16(23)11-13-17/h3-13H,1-2H3. The first-order valence-corrected chi connectivity index (χ1v) is 8.94. The molecule has 0 N–H and O–H groups in total. The van der Waals surface area contributed by atoms with Gasteiger partial charge in [-0.05, 0) is 67.4 Å². The minimum atomic E-state index is -0.168. The van der Waals surface area contributed by atoms with Crippen LogP contribution in [0.15, 0.2) is 71.5 Å². The molecule has 4 nitrogen and oxygen atoms in total. The highest BCUT2D eigenvalue weighted by Gasteiger charge is 2.16. The molecular weight excluding hydrogens is 360 g/mol. The number of halogens is 1. The summed E-state index contributed by atoms with van der Waals surface area (Å²) in [5.41, 5.74) is 3.26. The van der Waals surface area contributed by atoms with Crippen LogP contribution in [0.25, 0.3) is 16.6 Å². The maximum Gasteiger partial charge on any atom is 0.310 e. The van der Waals surface area contributed by atoms with E-state index in [2.05, 4.69) is 4.98 Å². The van der Waals surface area contributed by atoms with Crippen molar-refractivity contribution in [2.75, 3.05) is 0 Å². The summed E-state index contributed by atoms with van der Waals surface area (Å²) in [7, 11) is 0. The number of fused-ring (bicyclic) bond motifs is 1. The summed E-state index contributed by atoms with van der Waals surface area (Å²) in [5, 5.41) is 1.16. The van der Waals surface area contributed by atoms with E-state index in [1.807, 2.05) is 44.2 Å². The van der Waals surface area contributed by atoms with E-state index >= 15 is 0 Å². The summed E-state index contributed by atoms with van der Waals surface area (Å²) >= 11 is 5.96. The molecule has 1 aromatic heterocycles. The van der Waals surface area contributed by atoms with Crippen LogP contribution in [0.5, 0.6) is 11.8 Å². The van der Waals surface area contributed by atoms with E-state index in [-0.39, 0.29) is 11.6 Å². The first-order valence-electron chi connectivity index (χ1n) is 8.56. The van der Waals surface area contributed by atoms with Crippen molar-refractivity contribution in [1.82, 2.24) is 9.55 Å². The monoisotopic (exact) mass is 376 g/mol. The van der Waals surface area contributed by atoms with Crippen LogP contribution in [0.3, 0.4) is 0 Å².